The monoisotopic (exact) mass is 461 g/mol. The molecule has 5 rings (SSSR count). The molecule has 1 aromatic heterocycles. The van der Waals surface area contributed by atoms with Gasteiger partial charge in [-0.1, -0.05) is 6.07 Å². The van der Waals surface area contributed by atoms with Gasteiger partial charge in [0.25, 0.3) is 5.91 Å². The van der Waals surface area contributed by atoms with E-state index >= 15 is 0 Å². The van der Waals surface area contributed by atoms with E-state index in [2.05, 4.69) is 20.2 Å². The lowest BCUT2D eigenvalue weighted by Gasteiger charge is -2.33. The second-order valence-corrected chi connectivity index (χ2v) is 8.09. The average Bonchev–Trinajstić information content (AvgIpc) is 2.88. The molecule has 3 aromatic rings. The molecular formula is C25H27N5O4. The zero-order valence-electron chi connectivity index (χ0n) is 19.1. The molecule has 2 aromatic carbocycles. The third-order valence-corrected chi connectivity index (χ3v) is 5.92. The smallest absolute Gasteiger partial charge is 0.265 e. The van der Waals surface area contributed by atoms with E-state index in [9.17, 15) is 4.79 Å². The van der Waals surface area contributed by atoms with Crippen LogP contribution in [0.2, 0.25) is 0 Å². The Morgan fingerprint density at radius 3 is 2.82 bits per heavy atom. The van der Waals surface area contributed by atoms with Crippen LogP contribution >= 0.6 is 0 Å². The Balaban J connectivity index is 1.37. The van der Waals surface area contributed by atoms with E-state index in [0.29, 0.717) is 18.2 Å². The van der Waals surface area contributed by atoms with Crippen LogP contribution in [0.3, 0.4) is 0 Å². The minimum atomic E-state index is -0.0408. The molecule has 0 bridgehead atoms. The van der Waals surface area contributed by atoms with Gasteiger partial charge in [-0.15, -0.1) is 0 Å². The van der Waals surface area contributed by atoms with Crippen LogP contribution in [-0.2, 0) is 9.53 Å². The van der Waals surface area contributed by atoms with Crippen molar-refractivity contribution in [3.63, 3.8) is 0 Å². The summed E-state index contributed by atoms with van der Waals surface area (Å²) in [6.45, 7) is 4.68. The maximum atomic E-state index is 12.7. The van der Waals surface area contributed by atoms with E-state index in [0.717, 1.165) is 61.2 Å². The number of methoxy groups -OCH3 is 1. The largest absolute Gasteiger partial charge is 0.497 e. The number of carbonyl (C=O) groups is 1. The third kappa shape index (κ3) is 4.95. The van der Waals surface area contributed by atoms with Crippen LogP contribution in [0, 0.1) is 0 Å². The molecule has 34 heavy (non-hydrogen) atoms. The Kier molecular flexibility index (Phi) is 6.55. The molecule has 2 aliphatic rings. The van der Waals surface area contributed by atoms with Gasteiger partial charge in [-0.25, -0.2) is 9.97 Å². The minimum absolute atomic E-state index is 0.0408. The van der Waals surface area contributed by atoms with Gasteiger partial charge < -0.3 is 24.4 Å². The van der Waals surface area contributed by atoms with E-state index in [4.69, 9.17) is 14.2 Å². The predicted molar refractivity (Wildman–Crippen MR) is 129 cm³/mol. The lowest BCUT2D eigenvalue weighted by atomic mass is 10.1. The number of benzene rings is 2. The SMILES string of the molecule is COc1cccc(Nc2nccc(-c3ccc4c(c3)N(CCN3CCOCC3)C(=O)CO4)n2)c1. The van der Waals surface area contributed by atoms with Crippen LogP contribution in [0.5, 0.6) is 11.5 Å². The van der Waals surface area contributed by atoms with E-state index in [1.165, 1.54) is 0 Å². The summed E-state index contributed by atoms with van der Waals surface area (Å²) in [4.78, 5) is 25.8. The fourth-order valence-corrected chi connectivity index (χ4v) is 4.08. The first-order valence-corrected chi connectivity index (χ1v) is 11.3. The number of hydrogen-bond donors (Lipinski definition) is 1. The molecule has 9 heteroatoms. The predicted octanol–water partition coefficient (Wildman–Crippen LogP) is 2.95. The highest BCUT2D eigenvalue weighted by atomic mass is 16.5. The maximum Gasteiger partial charge on any atom is 0.265 e. The van der Waals surface area contributed by atoms with Crippen molar-refractivity contribution in [2.45, 2.75) is 0 Å². The molecule has 176 valence electrons. The molecule has 1 fully saturated rings. The van der Waals surface area contributed by atoms with Crippen molar-refractivity contribution in [1.29, 1.82) is 0 Å². The second kappa shape index (κ2) is 10.1. The van der Waals surface area contributed by atoms with E-state index in [1.54, 1.807) is 13.3 Å². The number of nitrogens with zero attached hydrogens (tertiary/aromatic N) is 4. The van der Waals surface area contributed by atoms with E-state index in [1.807, 2.05) is 53.4 Å². The van der Waals surface area contributed by atoms with Gasteiger partial charge in [0, 0.05) is 49.7 Å². The Bertz CT molecular complexity index is 1170. The zero-order valence-corrected chi connectivity index (χ0v) is 19.1. The standard InChI is InChI=1S/C25H27N5O4/c1-32-20-4-2-3-19(16-20)27-25-26-8-7-21(28-25)18-5-6-23-22(15-18)30(24(31)17-34-23)10-9-29-11-13-33-14-12-29/h2-8,15-16H,9-14,17H2,1H3,(H,26,27,28). The second-order valence-electron chi connectivity index (χ2n) is 8.09. The van der Waals surface area contributed by atoms with Crippen LogP contribution in [0.25, 0.3) is 11.3 Å². The van der Waals surface area contributed by atoms with Gasteiger partial charge in [0.2, 0.25) is 5.95 Å². The lowest BCUT2D eigenvalue weighted by molar-refractivity contribution is -0.121. The normalized spacial score (nSPS) is 16.0. The van der Waals surface area contributed by atoms with Crippen molar-refractivity contribution in [3.05, 3.63) is 54.7 Å². The number of hydrogen-bond acceptors (Lipinski definition) is 8. The van der Waals surface area contributed by atoms with Gasteiger partial charge in [0.1, 0.15) is 11.5 Å². The fraction of sp³-hybridized carbons (Fsp3) is 0.320. The highest BCUT2D eigenvalue weighted by Gasteiger charge is 2.26. The molecular weight excluding hydrogens is 434 g/mol. The summed E-state index contributed by atoms with van der Waals surface area (Å²) in [6, 6.07) is 15.2. The summed E-state index contributed by atoms with van der Waals surface area (Å²) in [7, 11) is 1.63. The first-order valence-electron chi connectivity index (χ1n) is 11.3. The summed E-state index contributed by atoms with van der Waals surface area (Å²) in [5.41, 5.74) is 3.22. The summed E-state index contributed by atoms with van der Waals surface area (Å²) in [5.74, 6) is 1.88. The molecule has 0 spiro atoms. The van der Waals surface area contributed by atoms with Crippen molar-refractivity contribution >= 4 is 23.2 Å². The Morgan fingerprint density at radius 1 is 1.09 bits per heavy atom. The van der Waals surface area contributed by atoms with Crippen LogP contribution in [-0.4, -0.2) is 73.9 Å². The van der Waals surface area contributed by atoms with Crippen LogP contribution in [0.1, 0.15) is 0 Å². The Hall–Kier alpha value is -3.69. The Morgan fingerprint density at radius 2 is 1.97 bits per heavy atom. The fourth-order valence-electron chi connectivity index (χ4n) is 4.08. The van der Waals surface area contributed by atoms with Crippen molar-refractivity contribution in [1.82, 2.24) is 14.9 Å². The number of anilines is 3. The number of aromatic nitrogens is 2. The van der Waals surface area contributed by atoms with E-state index < -0.39 is 0 Å². The number of morpholine rings is 1. The van der Waals surface area contributed by atoms with Gasteiger partial charge in [-0.2, -0.15) is 0 Å². The summed E-state index contributed by atoms with van der Waals surface area (Å²) >= 11 is 0. The van der Waals surface area contributed by atoms with Crippen molar-refractivity contribution in [3.8, 4) is 22.8 Å². The first-order chi connectivity index (χ1) is 16.7. The van der Waals surface area contributed by atoms with E-state index in [-0.39, 0.29) is 12.5 Å². The highest BCUT2D eigenvalue weighted by Crippen LogP contribution is 2.36. The van der Waals surface area contributed by atoms with Crippen LogP contribution in [0.4, 0.5) is 17.3 Å². The molecule has 1 saturated heterocycles. The quantitative estimate of drug-likeness (QED) is 0.575. The number of nitrogens with one attached hydrogen (secondary N) is 1. The van der Waals surface area contributed by atoms with Gasteiger partial charge in [-0.05, 0) is 36.4 Å². The topological polar surface area (TPSA) is 89.1 Å². The molecule has 0 radical (unpaired) electrons. The molecule has 0 unspecified atom stereocenters. The van der Waals surface area contributed by atoms with Crippen LogP contribution < -0.4 is 19.7 Å². The number of fused-ring (bicyclic) bond motifs is 1. The van der Waals surface area contributed by atoms with Crippen LogP contribution in [0.15, 0.2) is 54.7 Å². The van der Waals surface area contributed by atoms with Gasteiger partial charge in [0.15, 0.2) is 6.61 Å². The number of ether oxygens (including phenoxy) is 3. The summed E-state index contributed by atoms with van der Waals surface area (Å²) in [5, 5.41) is 3.22. The molecule has 1 amide bonds. The molecule has 9 nitrogen and oxygen atoms in total. The van der Waals surface area contributed by atoms with Crippen molar-refractivity contribution in [2.24, 2.45) is 0 Å². The van der Waals surface area contributed by atoms with Crippen molar-refractivity contribution < 1.29 is 19.0 Å². The molecule has 0 saturated carbocycles. The molecule has 2 aliphatic heterocycles. The average molecular weight is 462 g/mol. The zero-order chi connectivity index (χ0) is 23.3. The number of amides is 1. The first kappa shape index (κ1) is 22.1. The molecule has 1 N–H and O–H groups in total. The number of carbonyl (C=O) groups excluding carboxylic acids is 1. The third-order valence-electron chi connectivity index (χ3n) is 5.92. The minimum Gasteiger partial charge on any atom is -0.497 e. The molecule has 0 aliphatic carbocycles. The maximum absolute atomic E-state index is 12.7. The molecule has 0 atom stereocenters. The van der Waals surface area contributed by atoms with Gasteiger partial charge in [-0.3, -0.25) is 9.69 Å². The summed E-state index contributed by atoms with van der Waals surface area (Å²) < 4.78 is 16.4. The van der Waals surface area contributed by atoms with Crippen molar-refractivity contribution in [2.75, 3.05) is 63.3 Å². The highest BCUT2D eigenvalue weighted by molar-refractivity contribution is 5.98. The molecule has 3 heterocycles. The number of rotatable bonds is 7. The Labute approximate surface area is 198 Å². The van der Waals surface area contributed by atoms with Gasteiger partial charge in [0.05, 0.1) is 31.7 Å². The lowest BCUT2D eigenvalue weighted by Crippen LogP contribution is -2.45. The summed E-state index contributed by atoms with van der Waals surface area (Å²) in [6.07, 6.45) is 1.71. The van der Waals surface area contributed by atoms with Gasteiger partial charge >= 0.3 is 0 Å².